The zero-order chi connectivity index (χ0) is 9.97. The summed E-state index contributed by atoms with van der Waals surface area (Å²) in [4.78, 5) is 0. The number of hydrogen-bond acceptors (Lipinski definition) is 4. The van der Waals surface area contributed by atoms with E-state index in [-0.39, 0.29) is 12.0 Å². The van der Waals surface area contributed by atoms with E-state index in [2.05, 4.69) is 0 Å². The maximum atomic E-state index is 7.11. The molecule has 4 nitrogen and oxygen atoms in total. The number of ether oxygens (including phenoxy) is 2. The Balaban J connectivity index is 2.17. The molecule has 5 heteroatoms. The molecule has 3 N–H and O–H groups in total. The molecule has 0 saturated carbocycles. The first kappa shape index (κ1) is 9.21. The van der Waals surface area contributed by atoms with Gasteiger partial charge in [0.1, 0.15) is 0 Å². The minimum absolute atomic E-state index is 0.113. The van der Waals surface area contributed by atoms with E-state index >= 15 is 0 Å². The molecule has 0 saturated heterocycles. The average Bonchev–Trinajstić information content (AvgIpc) is 2.62. The van der Waals surface area contributed by atoms with Crippen LogP contribution in [0.25, 0.3) is 0 Å². The highest BCUT2D eigenvalue weighted by Gasteiger charge is 2.16. The predicted molar refractivity (Wildman–Crippen MR) is 55.8 cm³/mol. The second kappa shape index (κ2) is 3.79. The van der Waals surface area contributed by atoms with Crippen molar-refractivity contribution in [3.8, 4) is 11.5 Å². The summed E-state index contributed by atoms with van der Waals surface area (Å²) in [5.74, 6) is 2.19. The van der Waals surface area contributed by atoms with E-state index in [1.54, 1.807) is 0 Å². The highest BCUT2D eigenvalue weighted by Crippen LogP contribution is 2.36. The van der Waals surface area contributed by atoms with Crippen molar-refractivity contribution in [2.45, 2.75) is 5.75 Å². The number of nitrogens with two attached hydrogens (primary N) is 1. The van der Waals surface area contributed by atoms with Crippen LogP contribution in [0.15, 0.2) is 18.2 Å². The van der Waals surface area contributed by atoms with Crippen molar-refractivity contribution in [2.75, 3.05) is 6.79 Å². The molecule has 0 fully saturated rings. The van der Waals surface area contributed by atoms with Crippen molar-refractivity contribution in [2.24, 2.45) is 5.73 Å². The third-order valence-corrected chi connectivity index (χ3v) is 2.63. The van der Waals surface area contributed by atoms with E-state index in [1.165, 1.54) is 11.8 Å². The van der Waals surface area contributed by atoms with Crippen LogP contribution in [-0.2, 0) is 5.75 Å². The Kier molecular flexibility index (Phi) is 2.49. The minimum Gasteiger partial charge on any atom is -0.454 e. The Morgan fingerprint density at radius 2 is 2.36 bits per heavy atom. The number of nitrogens with one attached hydrogen (secondary N) is 1. The van der Waals surface area contributed by atoms with Crippen molar-refractivity contribution in [3.63, 3.8) is 0 Å². The van der Waals surface area contributed by atoms with Gasteiger partial charge in [-0.25, -0.2) is 0 Å². The van der Waals surface area contributed by atoms with E-state index in [1.807, 2.05) is 18.2 Å². The van der Waals surface area contributed by atoms with Crippen LogP contribution in [0.2, 0.25) is 0 Å². The summed E-state index contributed by atoms with van der Waals surface area (Å²) in [7, 11) is 0. The first-order valence-corrected chi connectivity index (χ1v) is 5.10. The zero-order valence-corrected chi connectivity index (χ0v) is 8.26. The van der Waals surface area contributed by atoms with Gasteiger partial charge in [0.25, 0.3) is 0 Å². The van der Waals surface area contributed by atoms with Crippen LogP contribution in [0.4, 0.5) is 0 Å². The highest BCUT2D eigenvalue weighted by atomic mass is 32.2. The highest BCUT2D eigenvalue weighted by molar-refractivity contribution is 8.13. The molecule has 0 radical (unpaired) electrons. The second-order valence-electron chi connectivity index (χ2n) is 2.80. The standard InChI is InChI=1S/C9H10N2O2S/c10-9(11)14-4-6-2-1-3-7-8(6)13-5-12-7/h1-3H,4-5H2,(H3,10,11). The zero-order valence-electron chi connectivity index (χ0n) is 7.45. The summed E-state index contributed by atoms with van der Waals surface area (Å²) in [5, 5.41) is 7.22. The first-order chi connectivity index (χ1) is 6.77. The number of rotatable bonds is 2. The molecule has 1 aromatic rings. The van der Waals surface area contributed by atoms with E-state index in [0.29, 0.717) is 5.75 Å². The molecule has 1 aliphatic heterocycles. The Hall–Kier alpha value is -1.36. The van der Waals surface area contributed by atoms with Gasteiger partial charge in [-0.3, -0.25) is 5.41 Å². The molecule has 14 heavy (non-hydrogen) atoms. The van der Waals surface area contributed by atoms with Crippen molar-refractivity contribution in [1.29, 1.82) is 5.41 Å². The summed E-state index contributed by atoms with van der Waals surface area (Å²) in [6, 6.07) is 5.72. The number of hydrogen-bond donors (Lipinski definition) is 2. The molecule has 0 bridgehead atoms. The molecule has 0 spiro atoms. The lowest BCUT2D eigenvalue weighted by Gasteiger charge is -2.03. The van der Waals surface area contributed by atoms with Crippen molar-refractivity contribution in [3.05, 3.63) is 23.8 Å². The molecule has 0 aliphatic carbocycles. The van der Waals surface area contributed by atoms with Crippen LogP contribution in [0.5, 0.6) is 11.5 Å². The lowest BCUT2D eigenvalue weighted by molar-refractivity contribution is 0.173. The van der Waals surface area contributed by atoms with Gasteiger partial charge in [0.15, 0.2) is 16.7 Å². The van der Waals surface area contributed by atoms with Gasteiger partial charge >= 0.3 is 0 Å². The molecule has 1 heterocycles. The summed E-state index contributed by atoms with van der Waals surface area (Å²) in [5.41, 5.74) is 6.27. The number of para-hydroxylation sites is 1. The molecular formula is C9H10N2O2S. The fraction of sp³-hybridized carbons (Fsp3) is 0.222. The minimum atomic E-state index is 0.113. The molecule has 74 valence electrons. The summed E-state index contributed by atoms with van der Waals surface area (Å²) < 4.78 is 10.5. The van der Waals surface area contributed by atoms with Crippen LogP contribution in [-0.4, -0.2) is 12.0 Å². The normalized spacial score (nSPS) is 12.9. The van der Waals surface area contributed by atoms with Gasteiger partial charge in [0.05, 0.1) is 0 Å². The number of thioether (sulfide) groups is 1. The lowest BCUT2D eigenvalue weighted by Crippen LogP contribution is -2.04. The SMILES string of the molecule is N=C(N)SCc1cccc2c1OCO2. The maximum absolute atomic E-state index is 7.11. The van der Waals surface area contributed by atoms with Crippen LogP contribution in [0, 0.1) is 5.41 Å². The van der Waals surface area contributed by atoms with Gasteiger partial charge < -0.3 is 15.2 Å². The molecule has 2 rings (SSSR count). The first-order valence-electron chi connectivity index (χ1n) is 4.11. The summed E-state index contributed by atoms with van der Waals surface area (Å²) >= 11 is 1.28. The summed E-state index contributed by atoms with van der Waals surface area (Å²) in [6.45, 7) is 0.275. The monoisotopic (exact) mass is 210 g/mol. The molecule has 1 aromatic carbocycles. The summed E-state index contributed by atoms with van der Waals surface area (Å²) in [6.07, 6.45) is 0. The van der Waals surface area contributed by atoms with Gasteiger partial charge in [0, 0.05) is 11.3 Å². The number of amidine groups is 1. The smallest absolute Gasteiger partial charge is 0.231 e. The van der Waals surface area contributed by atoms with Gasteiger partial charge in [-0.2, -0.15) is 0 Å². The average molecular weight is 210 g/mol. The van der Waals surface area contributed by atoms with Crippen LogP contribution < -0.4 is 15.2 Å². The molecule has 1 aliphatic rings. The third-order valence-electron chi connectivity index (χ3n) is 1.86. The topological polar surface area (TPSA) is 68.3 Å². The third kappa shape index (κ3) is 1.77. The molecule has 0 amide bonds. The van der Waals surface area contributed by atoms with Crippen LogP contribution in [0.3, 0.4) is 0 Å². The Morgan fingerprint density at radius 3 is 3.14 bits per heavy atom. The van der Waals surface area contributed by atoms with Gasteiger partial charge in [0.2, 0.25) is 6.79 Å². The maximum Gasteiger partial charge on any atom is 0.231 e. The van der Waals surface area contributed by atoms with E-state index < -0.39 is 0 Å². The molecule has 0 unspecified atom stereocenters. The van der Waals surface area contributed by atoms with Crippen molar-refractivity contribution >= 4 is 16.9 Å². The van der Waals surface area contributed by atoms with Crippen molar-refractivity contribution < 1.29 is 9.47 Å². The fourth-order valence-electron chi connectivity index (χ4n) is 1.26. The molecule has 0 aromatic heterocycles. The van der Waals surface area contributed by atoms with E-state index in [0.717, 1.165) is 17.1 Å². The Morgan fingerprint density at radius 1 is 1.50 bits per heavy atom. The molecule has 0 atom stereocenters. The van der Waals surface area contributed by atoms with Crippen LogP contribution in [0.1, 0.15) is 5.56 Å². The van der Waals surface area contributed by atoms with Crippen molar-refractivity contribution in [1.82, 2.24) is 0 Å². The fourth-order valence-corrected chi connectivity index (χ4v) is 1.80. The van der Waals surface area contributed by atoms with Gasteiger partial charge in [-0.15, -0.1) is 0 Å². The predicted octanol–water partition coefficient (Wildman–Crippen LogP) is 1.54. The van der Waals surface area contributed by atoms with E-state index in [4.69, 9.17) is 20.6 Å². The Labute approximate surface area is 85.9 Å². The quantitative estimate of drug-likeness (QED) is 0.574. The number of benzene rings is 1. The largest absolute Gasteiger partial charge is 0.454 e. The van der Waals surface area contributed by atoms with Crippen LogP contribution >= 0.6 is 11.8 Å². The van der Waals surface area contributed by atoms with E-state index in [9.17, 15) is 0 Å². The molecular weight excluding hydrogens is 200 g/mol. The van der Waals surface area contributed by atoms with Gasteiger partial charge in [-0.1, -0.05) is 23.9 Å². The number of fused-ring (bicyclic) bond motifs is 1. The second-order valence-corrected chi connectivity index (χ2v) is 3.82. The lowest BCUT2D eigenvalue weighted by atomic mass is 10.2. The Bertz CT molecular complexity index is 368. The van der Waals surface area contributed by atoms with Gasteiger partial charge in [-0.05, 0) is 6.07 Å².